The number of carbonyl (C=O) groups excluding carboxylic acids is 2. The molecule has 0 atom stereocenters. The van der Waals surface area contributed by atoms with Crippen LogP contribution in [0, 0.1) is 5.92 Å². The lowest BCUT2D eigenvalue weighted by molar-refractivity contribution is -0.156. The summed E-state index contributed by atoms with van der Waals surface area (Å²) in [5.41, 5.74) is 2.45. The summed E-state index contributed by atoms with van der Waals surface area (Å²) in [7, 11) is 2.51. The van der Waals surface area contributed by atoms with E-state index in [2.05, 4.69) is 9.47 Å². The van der Waals surface area contributed by atoms with Crippen LogP contribution in [0.5, 0.6) is 0 Å². The molecule has 4 nitrogen and oxygen atoms in total. The predicted molar refractivity (Wildman–Crippen MR) is 72.2 cm³/mol. The van der Waals surface area contributed by atoms with Gasteiger partial charge >= 0.3 is 11.9 Å². The van der Waals surface area contributed by atoms with Crippen LogP contribution in [0.25, 0.3) is 5.57 Å². The molecule has 0 unspecified atom stereocenters. The van der Waals surface area contributed by atoms with Gasteiger partial charge in [0.2, 0.25) is 0 Å². The van der Waals surface area contributed by atoms with Crippen LogP contribution in [0.2, 0.25) is 0 Å². The van der Waals surface area contributed by atoms with E-state index in [9.17, 15) is 9.59 Å². The molecular weight excluding hydrogens is 244 g/mol. The molecule has 0 N–H and O–H groups in total. The van der Waals surface area contributed by atoms with E-state index in [-0.39, 0.29) is 0 Å². The summed E-state index contributed by atoms with van der Waals surface area (Å²) in [4.78, 5) is 23.5. The average molecular weight is 262 g/mol. The highest BCUT2D eigenvalue weighted by molar-refractivity contribution is 5.99. The minimum atomic E-state index is -1.02. The van der Waals surface area contributed by atoms with Gasteiger partial charge < -0.3 is 9.47 Å². The zero-order chi connectivity index (χ0) is 14.4. The second-order valence-electron chi connectivity index (χ2n) is 4.15. The summed E-state index contributed by atoms with van der Waals surface area (Å²) in [6, 6.07) is 9.55. The molecule has 0 heterocycles. The van der Waals surface area contributed by atoms with Crippen molar-refractivity contribution >= 4 is 17.5 Å². The standard InChI is InChI=1S/C15H18O4/c1-10(12-8-6-5-7-9-12)11(2)13(14(16)18-3)15(17)19-4/h5-9,13H,1-4H3/b11-10+. The van der Waals surface area contributed by atoms with Gasteiger partial charge in [0, 0.05) is 0 Å². The van der Waals surface area contributed by atoms with E-state index in [1.807, 2.05) is 37.3 Å². The molecule has 19 heavy (non-hydrogen) atoms. The number of carbonyl (C=O) groups is 2. The fourth-order valence-corrected chi connectivity index (χ4v) is 1.82. The van der Waals surface area contributed by atoms with Crippen LogP contribution >= 0.6 is 0 Å². The highest BCUT2D eigenvalue weighted by atomic mass is 16.5. The zero-order valence-electron chi connectivity index (χ0n) is 11.6. The summed E-state index contributed by atoms with van der Waals surface area (Å²) in [6.45, 7) is 3.60. The molecule has 0 bridgehead atoms. The van der Waals surface area contributed by atoms with Gasteiger partial charge in [-0.2, -0.15) is 0 Å². The van der Waals surface area contributed by atoms with Gasteiger partial charge in [-0.15, -0.1) is 0 Å². The average Bonchev–Trinajstić information content (AvgIpc) is 2.46. The summed E-state index contributed by atoms with van der Waals surface area (Å²) in [5.74, 6) is -2.24. The highest BCUT2D eigenvalue weighted by Crippen LogP contribution is 2.25. The molecule has 0 aromatic heterocycles. The van der Waals surface area contributed by atoms with Crippen LogP contribution < -0.4 is 0 Å². The van der Waals surface area contributed by atoms with E-state index in [4.69, 9.17) is 0 Å². The Morgan fingerprint density at radius 1 is 0.947 bits per heavy atom. The van der Waals surface area contributed by atoms with Crippen molar-refractivity contribution < 1.29 is 19.1 Å². The van der Waals surface area contributed by atoms with Crippen molar-refractivity contribution in [3.63, 3.8) is 0 Å². The Bertz CT molecular complexity index is 472. The molecule has 1 aromatic rings. The van der Waals surface area contributed by atoms with E-state index in [1.54, 1.807) is 6.92 Å². The Morgan fingerprint density at radius 3 is 1.84 bits per heavy atom. The molecular formula is C15H18O4. The topological polar surface area (TPSA) is 52.6 Å². The van der Waals surface area contributed by atoms with Crippen molar-refractivity contribution in [2.24, 2.45) is 5.92 Å². The van der Waals surface area contributed by atoms with Gasteiger partial charge in [-0.3, -0.25) is 9.59 Å². The van der Waals surface area contributed by atoms with Crippen molar-refractivity contribution in [1.29, 1.82) is 0 Å². The summed E-state index contributed by atoms with van der Waals surface area (Å²) < 4.78 is 9.34. The van der Waals surface area contributed by atoms with E-state index < -0.39 is 17.9 Å². The Hall–Kier alpha value is -2.10. The Balaban J connectivity index is 3.22. The van der Waals surface area contributed by atoms with Crippen molar-refractivity contribution in [2.45, 2.75) is 13.8 Å². The third-order valence-corrected chi connectivity index (χ3v) is 3.11. The lowest BCUT2D eigenvalue weighted by atomic mass is 9.92. The minimum Gasteiger partial charge on any atom is -0.468 e. The molecule has 1 aromatic carbocycles. The van der Waals surface area contributed by atoms with E-state index >= 15 is 0 Å². The Labute approximate surface area is 113 Å². The molecule has 0 aliphatic carbocycles. The summed E-state index contributed by atoms with van der Waals surface area (Å²) in [6.07, 6.45) is 0. The highest BCUT2D eigenvalue weighted by Gasteiger charge is 2.31. The van der Waals surface area contributed by atoms with Crippen LogP contribution in [0.15, 0.2) is 35.9 Å². The molecule has 0 saturated carbocycles. The number of allylic oxidation sites excluding steroid dienone is 1. The van der Waals surface area contributed by atoms with Crippen LogP contribution in [0.1, 0.15) is 19.4 Å². The van der Waals surface area contributed by atoms with E-state index in [1.165, 1.54) is 14.2 Å². The fourth-order valence-electron chi connectivity index (χ4n) is 1.82. The smallest absolute Gasteiger partial charge is 0.324 e. The second-order valence-corrected chi connectivity index (χ2v) is 4.15. The quantitative estimate of drug-likeness (QED) is 0.617. The number of rotatable bonds is 4. The van der Waals surface area contributed by atoms with E-state index in [0.29, 0.717) is 5.57 Å². The Kier molecular flexibility index (Phi) is 5.30. The lowest BCUT2D eigenvalue weighted by Crippen LogP contribution is -2.28. The molecule has 0 fully saturated rings. The largest absolute Gasteiger partial charge is 0.468 e. The van der Waals surface area contributed by atoms with Gasteiger partial charge in [0.15, 0.2) is 5.92 Å². The maximum absolute atomic E-state index is 11.7. The number of hydrogen-bond donors (Lipinski definition) is 0. The molecule has 0 aliphatic heterocycles. The van der Waals surface area contributed by atoms with Crippen molar-refractivity contribution in [1.82, 2.24) is 0 Å². The van der Waals surface area contributed by atoms with Gasteiger partial charge in [0.05, 0.1) is 14.2 Å². The van der Waals surface area contributed by atoms with Gasteiger partial charge in [0.1, 0.15) is 0 Å². The predicted octanol–water partition coefficient (Wildman–Crippen LogP) is 2.44. The first-order valence-electron chi connectivity index (χ1n) is 5.91. The third-order valence-electron chi connectivity index (χ3n) is 3.11. The second kappa shape index (κ2) is 6.73. The summed E-state index contributed by atoms with van der Waals surface area (Å²) in [5, 5.41) is 0. The fraction of sp³-hybridized carbons (Fsp3) is 0.333. The maximum atomic E-state index is 11.7. The molecule has 1 rings (SSSR count). The van der Waals surface area contributed by atoms with Crippen molar-refractivity contribution in [3.05, 3.63) is 41.5 Å². The first-order valence-corrected chi connectivity index (χ1v) is 5.91. The molecule has 0 amide bonds. The normalized spacial score (nSPS) is 11.8. The minimum absolute atomic E-state index is 0.611. The number of methoxy groups -OCH3 is 2. The maximum Gasteiger partial charge on any atom is 0.324 e. The lowest BCUT2D eigenvalue weighted by Gasteiger charge is -2.16. The molecule has 102 valence electrons. The van der Waals surface area contributed by atoms with Gasteiger partial charge in [0.25, 0.3) is 0 Å². The summed E-state index contributed by atoms with van der Waals surface area (Å²) >= 11 is 0. The van der Waals surface area contributed by atoms with Crippen LogP contribution in [0.3, 0.4) is 0 Å². The first kappa shape index (κ1) is 15.0. The van der Waals surface area contributed by atoms with Gasteiger partial charge in [-0.05, 0) is 30.6 Å². The van der Waals surface area contributed by atoms with Gasteiger partial charge in [-0.25, -0.2) is 0 Å². The van der Waals surface area contributed by atoms with Crippen molar-refractivity contribution in [2.75, 3.05) is 14.2 Å². The molecule has 0 aliphatic rings. The SMILES string of the molecule is COC(=O)C(C(=O)OC)/C(C)=C(\C)c1ccccc1. The first-order chi connectivity index (χ1) is 9.02. The van der Waals surface area contributed by atoms with Crippen LogP contribution in [-0.4, -0.2) is 26.2 Å². The molecule has 0 saturated heterocycles. The monoisotopic (exact) mass is 262 g/mol. The number of esters is 2. The van der Waals surface area contributed by atoms with Crippen LogP contribution in [-0.2, 0) is 19.1 Å². The Morgan fingerprint density at radius 2 is 1.42 bits per heavy atom. The number of benzene rings is 1. The van der Waals surface area contributed by atoms with Crippen LogP contribution in [0.4, 0.5) is 0 Å². The molecule has 4 heteroatoms. The van der Waals surface area contributed by atoms with E-state index in [0.717, 1.165) is 11.1 Å². The zero-order valence-corrected chi connectivity index (χ0v) is 11.6. The third kappa shape index (κ3) is 3.44. The number of hydrogen-bond acceptors (Lipinski definition) is 4. The van der Waals surface area contributed by atoms with Crippen molar-refractivity contribution in [3.8, 4) is 0 Å². The number of ether oxygens (including phenoxy) is 2. The molecule has 0 spiro atoms. The van der Waals surface area contributed by atoms with Gasteiger partial charge in [-0.1, -0.05) is 30.3 Å². The molecule has 0 radical (unpaired) electrons.